The minimum absolute atomic E-state index is 0.0483. The summed E-state index contributed by atoms with van der Waals surface area (Å²) in [6.45, 7) is 2.27. The minimum atomic E-state index is -3.79. The summed E-state index contributed by atoms with van der Waals surface area (Å²) in [5, 5.41) is 2.80. The van der Waals surface area contributed by atoms with Crippen LogP contribution in [0.2, 0.25) is 0 Å². The third-order valence-corrected chi connectivity index (χ3v) is 6.15. The molecule has 3 rings (SSSR count). The number of aryl methyl sites for hydroxylation is 1. The fourth-order valence-corrected chi connectivity index (χ4v) is 4.59. The van der Waals surface area contributed by atoms with Crippen LogP contribution in [0.3, 0.4) is 0 Å². The maximum Gasteiger partial charge on any atom is 0.264 e. The second kappa shape index (κ2) is 7.45. The molecule has 0 saturated carbocycles. The Balaban J connectivity index is 1.96. The van der Waals surface area contributed by atoms with E-state index >= 15 is 0 Å². The van der Waals surface area contributed by atoms with Gasteiger partial charge in [-0.25, -0.2) is 12.8 Å². The Kier molecular flexibility index (Phi) is 5.27. The number of halogens is 1. The number of anilines is 2. The Morgan fingerprint density at radius 1 is 1.19 bits per heavy atom. The molecule has 0 atom stereocenters. The number of hydrogen-bond donors (Lipinski definition) is 1. The molecule has 2 aromatic rings. The average Bonchev–Trinajstić information content (AvgIpc) is 2.61. The van der Waals surface area contributed by atoms with Gasteiger partial charge in [0.25, 0.3) is 10.0 Å². The molecule has 1 heterocycles. The number of rotatable bonds is 5. The zero-order valence-corrected chi connectivity index (χ0v) is 15.4. The van der Waals surface area contributed by atoms with E-state index in [-0.39, 0.29) is 10.8 Å². The van der Waals surface area contributed by atoms with Gasteiger partial charge in [0.05, 0.1) is 10.6 Å². The van der Waals surface area contributed by atoms with Gasteiger partial charge in [-0.1, -0.05) is 13.0 Å². The fraction of sp³-hybridized carbons (Fsp3) is 0.316. The topological polar surface area (TPSA) is 66.5 Å². The van der Waals surface area contributed by atoms with Gasteiger partial charge in [0.1, 0.15) is 5.82 Å². The summed E-state index contributed by atoms with van der Waals surface area (Å²) in [7, 11) is -3.79. The van der Waals surface area contributed by atoms with Gasteiger partial charge in [-0.3, -0.25) is 9.10 Å². The number of sulfonamides is 1. The number of carbonyl (C=O) groups is 1. The fourth-order valence-electron chi connectivity index (χ4n) is 3.05. The molecule has 1 aliphatic rings. The van der Waals surface area contributed by atoms with Crippen molar-refractivity contribution in [3.63, 3.8) is 0 Å². The second-order valence-electron chi connectivity index (χ2n) is 6.28. The van der Waals surface area contributed by atoms with Crippen molar-refractivity contribution in [1.82, 2.24) is 0 Å². The summed E-state index contributed by atoms with van der Waals surface area (Å²) in [5.41, 5.74) is 2.05. The number of hydrogen-bond acceptors (Lipinski definition) is 3. The van der Waals surface area contributed by atoms with E-state index in [4.69, 9.17) is 0 Å². The molecule has 0 spiro atoms. The van der Waals surface area contributed by atoms with E-state index in [9.17, 15) is 17.6 Å². The third-order valence-electron chi connectivity index (χ3n) is 4.32. The Bertz CT molecular complexity index is 911. The summed E-state index contributed by atoms with van der Waals surface area (Å²) in [6.07, 6.45) is 2.62. The quantitative estimate of drug-likeness (QED) is 0.865. The summed E-state index contributed by atoms with van der Waals surface area (Å²) >= 11 is 0. The number of carbonyl (C=O) groups excluding carboxylic acids is 1. The van der Waals surface area contributed by atoms with Crippen LogP contribution in [-0.2, 0) is 21.2 Å². The Hall–Kier alpha value is -2.41. The van der Waals surface area contributed by atoms with Crippen molar-refractivity contribution >= 4 is 27.3 Å². The van der Waals surface area contributed by atoms with Gasteiger partial charge in [0.15, 0.2) is 0 Å². The normalized spacial score (nSPS) is 14.0. The van der Waals surface area contributed by atoms with Gasteiger partial charge >= 0.3 is 0 Å². The highest BCUT2D eigenvalue weighted by molar-refractivity contribution is 7.92. The van der Waals surface area contributed by atoms with E-state index in [1.807, 2.05) is 13.0 Å². The highest BCUT2D eigenvalue weighted by atomic mass is 32.2. The first-order chi connectivity index (χ1) is 12.4. The molecule has 1 amide bonds. The molecule has 1 aliphatic heterocycles. The van der Waals surface area contributed by atoms with Crippen LogP contribution in [0.5, 0.6) is 0 Å². The first-order valence-corrected chi connectivity index (χ1v) is 10.1. The lowest BCUT2D eigenvalue weighted by molar-refractivity contribution is -0.116. The van der Waals surface area contributed by atoms with Crippen molar-refractivity contribution in [2.24, 2.45) is 0 Å². The summed E-state index contributed by atoms with van der Waals surface area (Å²) < 4.78 is 40.5. The third kappa shape index (κ3) is 3.72. The highest BCUT2D eigenvalue weighted by Gasteiger charge is 2.29. The summed E-state index contributed by atoms with van der Waals surface area (Å²) in [4.78, 5) is 11.9. The monoisotopic (exact) mass is 376 g/mol. The Morgan fingerprint density at radius 2 is 1.92 bits per heavy atom. The van der Waals surface area contributed by atoms with Crippen molar-refractivity contribution in [2.45, 2.75) is 37.5 Å². The van der Waals surface area contributed by atoms with E-state index in [0.717, 1.165) is 30.5 Å². The lowest BCUT2D eigenvalue weighted by Gasteiger charge is -2.31. The minimum Gasteiger partial charge on any atom is -0.326 e. The van der Waals surface area contributed by atoms with Gasteiger partial charge in [0, 0.05) is 18.7 Å². The lowest BCUT2D eigenvalue weighted by atomic mass is 10.0. The molecule has 138 valence electrons. The number of fused-ring (bicyclic) bond motifs is 1. The van der Waals surface area contributed by atoms with Gasteiger partial charge in [0.2, 0.25) is 5.91 Å². The smallest absolute Gasteiger partial charge is 0.264 e. The largest absolute Gasteiger partial charge is 0.326 e. The SMILES string of the molecule is CCCC(=O)Nc1ccc2c(c1)N(S(=O)(=O)c1ccc(F)cc1)CCC2. The molecule has 0 aromatic heterocycles. The van der Waals surface area contributed by atoms with Crippen molar-refractivity contribution in [1.29, 1.82) is 0 Å². The van der Waals surface area contributed by atoms with E-state index in [2.05, 4.69) is 5.32 Å². The predicted octanol–water partition coefficient (Wildman–Crippen LogP) is 3.71. The average molecular weight is 376 g/mol. The van der Waals surface area contributed by atoms with Crippen molar-refractivity contribution in [2.75, 3.05) is 16.2 Å². The zero-order chi connectivity index (χ0) is 18.7. The van der Waals surface area contributed by atoms with E-state index in [0.29, 0.717) is 30.8 Å². The Morgan fingerprint density at radius 3 is 2.62 bits per heavy atom. The zero-order valence-electron chi connectivity index (χ0n) is 14.5. The number of benzene rings is 2. The first kappa shape index (κ1) is 18.4. The van der Waals surface area contributed by atoms with Gasteiger partial charge in [-0.05, 0) is 61.2 Å². The second-order valence-corrected chi connectivity index (χ2v) is 8.14. The molecule has 2 aromatic carbocycles. The van der Waals surface area contributed by atoms with Gasteiger partial charge < -0.3 is 5.32 Å². The first-order valence-electron chi connectivity index (χ1n) is 8.63. The van der Waals surface area contributed by atoms with E-state index in [1.54, 1.807) is 12.1 Å². The van der Waals surface area contributed by atoms with Crippen LogP contribution < -0.4 is 9.62 Å². The summed E-state index contributed by atoms with van der Waals surface area (Å²) in [6, 6.07) is 10.2. The maximum atomic E-state index is 13.1. The summed E-state index contributed by atoms with van der Waals surface area (Å²) in [5.74, 6) is -0.583. The lowest BCUT2D eigenvalue weighted by Crippen LogP contribution is -2.35. The van der Waals surface area contributed by atoms with Crippen LogP contribution in [-0.4, -0.2) is 20.9 Å². The number of nitrogens with zero attached hydrogens (tertiary/aromatic N) is 1. The van der Waals surface area contributed by atoms with Crippen molar-refractivity contribution in [3.8, 4) is 0 Å². The molecule has 0 bridgehead atoms. The molecule has 0 aliphatic carbocycles. The predicted molar refractivity (Wildman–Crippen MR) is 99.2 cm³/mol. The van der Waals surface area contributed by atoms with Crippen LogP contribution in [0.25, 0.3) is 0 Å². The molecule has 0 radical (unpaired) electrons. The van der Waals surface area contributed by atoms with Crippen LogP contribution in [0.4, 0.5) is 15.8 Å². The van der Waals surface area contributed by atoms with Crippen LogP contribution in [0.1, 0.15) is 31.7 Å². The van der Waals surface area contributed by atoms with Gasteiger partial charge in [-0.15, -0.1) is 0 Å². The molecule has 0 fully saturated rings. The van der Waals surface area contributed by atoms with Crippen molar-refractivity contribution in [3.05, 3.63) is 53.8 Å². The molecule has 26 heavy (non-hydrogen) atoms. The van der Waals surface area contributed by atoms with Crippen LogP contribution in [0.15, 0.2) is 47.4 Å². The van der Waals surface area contributed by atoms with Crippen molar-refractivity contribution < 1.29 is 17.6 Å². The van der Waals surface area contributed by atoms with Crippen LogP contribution >= 0.6 is 0 Å². The molecule has 5 nitrogen and oxygen atoms in total. The Labute approximate surface area is 152 Å². The van der Waals surface area contributed by atoms with E-state index in [1.165, 1.54) is 16.4 Å². The maximum absolute atomic E-state index is 13.1. The molecule has 0 saturated heterocycles. The molecule has 7 heteroatoms. The molecule has 0 unspecified atom stereocenters. The van der Waals surface area contributed by atoms with Crippen LogP contribution in [0, 0.1) is 5.82 Å². The number of nitrogens with one attached hydrogen (secondary N) is 1. The van der Waals surface area contributed by atoms with E-state index < -0.39 is 15.8 Å². The highest BCUT2D eigenvalue weighted by Crippen LogP contribution is 2.34. The molecular weight excluding hydrogens is 355 g/mol. The molecular formula is C19H21FN2O3S. The van der Waals surface area contributed by atoms with Gasteiger partial charge in [-0.2, -0.15) is 0 Å². The standard InChI is InChI=1S/C19H21FN2O3S/c1-2-4-19(23)21-16-9-6-14-5-3-12-22(18(14)13-16)26(24,25)17-10-7-15(20)8-11-17/h6-11,13H,2-5,12H2,1H3,(H,21,23). The molecule has 1 N–H and O–H groups in total. The number of amides is 1.